The molecule has 4 aromatic carbocycles. The van der Waals surface area contributed by atoms with Crippen molar-refractivity contribution in [3.8, 4) is 5.75 Å². The van der Waals surface area contributed by atoms with Gasteiger partial charge in [-0.25, -0.2) is 0 Å². The Hall–Kier alpha value is -2.41. The second-order valence-corrected chi connectivity index (χ2v) is 13.5. The molecule has 0 aliphatic rings. The topological polar surface area (TPSA) is 20.2 Å². The fourth-order valence-electron chi connectivity index (χ4n) is 4.62. The summed E-state index contributed by atoms with van der Waals surface area (Å²) in [5.41, 5.74) is 4.36. The molecule has 0 spiro atoms. The van der Waals surface area contributed by atoms with Crippen molar-refractivity contribution in [1.82, 2.24) is 0 Å². The van der Waals surface area contributed by atoms with Gasteiger partial charge in [0.2, 0.25) is 0 Å². The Bertz CT molecular complexity index is 1210. The molecule has 4 rings (SSSR count). The van der Waals surface area contributed by atoms with E-state index in [1.165, 1.54) is 27.0 Å². The lowest BCUT2D eigenvalue weighted by Gasteiger charge is -2.28. The lowest BCUT2D eigenvalue weighted by molar-refractivity contribution is 0.423. The Morgan fingerprint density at radius 2 is 1.03 bits per heavy atom. The van der Waals surface area contributed by atoms with E-state index in [0.717, 1.165) is 17.5 Å². The van der Waals surface area contributed by atoms with E-state index < -0.39 is 7.92 Å². The molecular formula is C33H38BrOP. The Labute approximate surface area is 229 Å². The molecule has 0 aliphatic heterocycles. The monoisotopic (exact) mass is 560 g/mol. The molecular weight excluding hydrogens is 523 g/mol. The fourth-order valence-corrected chi connectivity index (χ4v) is 7.09. The molecule has 0 radical (unpaired) electrons. The molecule has 1 nitrogen and oxygen atoms in total. The first-order valence-corrected chi connectivity index (χ1v) is 13.7. The normalized spacial score (nSPS) is 11.9. The number of hydrogen-bond acceptors (Lipinski definition) is 1. The zero-order valence-electron chi connectivity index (χ0n) is 22.2. The molecule has 0 aliphatic carbocycles. The molecule has 0 unspecified atom stereocenters. The molecule has 0 fully saturated rings. The van der Waals surface area contributed by atoms with E-state index >= 15 is 0 Å². The summed E-state index contributed by atoms with van der Waals surface area (Å²) >= 11 is 0. The van der Waals surface area contributed by atoms with Crippen LogP contribution in [0.25, 0.3) is 0 Å². The maximum Gasteiger partial charge on any atom is 0.123 e. The first-order chi connectivity index (χ1) is 16.6. The van der Waals surface area contributed by atoms with E-state index in [4.69, 9.17) is 0 Å². The minimum absolute atomic E-state index is 0. The quantitative estimate of drug-likeness (QED) is 0.246. The lowest BCUT2D eigenvalue weighted by Crippen LogP contribution is -2.23. The predicted octanol–water partition coefficient (Wildman–Crippen LogP) is 7.91. The van der Waals surface area contributed by atoms with Gasteiger partial charge >= 0.3 is 0 Å². The highest BCUT2D eigenvalue weighted by atomic mass is 79.9. The van der Waals surface area contributed by atoms with Gasteiger partial charge in [0, 0.05) is 0 Å². The van der Waals surface area contributed by atoms with Crippen LogP contribution in [0.4, 0.5) is 0 Å². The van der Waals surface area contributed by atoms with Crippen molar-refractivity contribution >= 4 is 40.8 Å². The number of hydrogen-bond donors (Lipinski definition) is 1. The number of halogens is 1. The summed E-state index contributed by atoms with van der Waals surface area (Å²) in [6.07, 6.45) is 0.834. The van der Waals surface area contributed by atoms with Crippen molar-refractivity contribution in [1.29, 1.82) is 0 Å². The smallest absolute Gasteiger partial charge is 0.123 e. The van der Waals surface area contributed by atoms with E-state index in [2.05, 4.69) is 139 Å². The first-order valence-electron chi connectivity index (χ1n) is 12.4. The highest BCUT2D eigenvalue weighted by Crippen LogP contribution is 2.41. The van der Waals surface area contributed by atoms with E-state index in [1.807, 2.05) is 0 Å². The van der Waals surface area contributed by atoms with Crippen LogP contribution in [0.1, 0.15) is 63.8 Å². The Morgan fingerprint density at radius 3 is 1.47 bits per heavy atom. The van der Waals surface area contributed by atoms with Crippen LogP contribution in [-0.2, 0) is 17.3 Å². The van der Waals surface area contributed by atoms with Crippen LogP contribution in [0.15, 0.2) is 97.1 Å². The van der Waals surface area contributed by atoms with E-state index in [1.54, 1.807) is 0 Å². The van der Waals surface area contributed by atoms with Gasteiger partial charge in [-0.05, 0) is 63.3 Å². The fraction of sp³-hybridized carbons (Fsp3) is 0.273. The van der Waals surface area contributed by atoms with Crippen molar-refractivity contribution in [2.75, 3.05) is 0 Å². The Balaban J connectivity index is 0.00000361. The molecule has 3 heteroatoms. The molecule has 0 amide bonds. The van der Waals surface area contributed by atoms with Gasteiger partial charge < -0.3 is 5.11 Å². The number of phenols is 1. The minimum atomic E-state index is -0.679. The third-order valence-electron chi connectivity index (χ3n) is 6.44. The van der Waals surface area contributed by atoms with Gasteiger partial charge in [0.1, 0.15) is 5.75 Å². The number of rotatable bonds is 5. The molecule has 0 heterocycles. The zero-order chi connectivity index (χ0) is 25.2. The standard InChI is InChI=1S/C33H37OP.BrH/c1-32(2,3)28-22-24(23-29(31(28)34)33(4,5)6)21-25-15-13-14-20-30(25)35(26-16-9-7-10-17-26)27-18-11-8-12-19-27;/h7-20,22-23,34H,21H2,1-6H3;1H. The molecule has 0 bridgehead atoms. The molecule has 4 aromatic rings. The molecule has 0 aromatic heterocycles. The van der Waals surface area contributed by atoms with E-state index in [9.17, 15) is 5.11 Å². The Morgan fingerprint density at radius 1 is 0.611 bits per heavy atom. The van der Waals surface area contributed by atoms with Crippen LogP contribution in [0.2, 0.25) is 0 Å². The highest BCUT2D eigenvalue weighted by Gasteiger charge is 2.27. The first kappa shape index (κ1) is 28.2. The molecule has 0 saturated heterocycles. The van der Waals surface area contributed by atoms with Gasteiger partial charge in [0.25, 0.3) is 0 Å². The second kappa shape index (κ2) is 11.3. The van der Waals surface area contributed by atoms with Gasteiger partial charge in [0.05, 0.1) is 0 Å². The molecule has 36 heavy (non-hydrogen) atoms. The zero-order valence-corrected chi connectivity index (χ0v) is 24.9. The number of aromatic hydroxyl groups is 1. The van der Waals surface area contributed by atoms with Crippen LogP contribution in [-0.4, -0.2) is 5.11 Å². The summed E-state index contributed by atoms with van der Waals surface area (Å²) < 4.78 is 0. The summed E-state index contributed by atoms with van der Waals surface area (Å²) in [7, 11) is -0.679. The lowest BCUT2D eigenvalue weighted by atomic mass is 9.78. The van der Waals surface area contributed by atoms with E-state index in [0.29, 0.717) is 5.75 Å². The van der Waals surface area contributed by atoms with Gasteiger partial charge in [-0.2, -0.15) is 0 Å². The average Bonchev–Trinajstić information content (AvgIpc) is 2.81. The van der Waals surface area contributed by atoms with Crippen molar-refractivity contribution in [2.24, 2.45) is 0 Å². The number of phenolic OH excluding ortho intramolecular Hbond substituents is 1. The van der Waals surface area contributed by atoms with Gasteiger partial charge in [-0.15, -0.1) is 17.0 Å². The maximum absolute atomic E-state index is 11.2. The Kier molecular flexibility index (Phi) is 8.86. The average molecular weight is 562 g/mol. The van der Waals surface area contributed by atoms with Crippen LogP contribution in [0, 0.1) is 0 Å². The predicted molar refractivity (Wildman–Crippen MR) is 164 cm³/mol. The third kappa shape index (κ3) is 6.28. The molecule has 1 N–H and O–H groups in total. The van der Waals surface area contributed by atoms with Crippen LogP contribution in [0.3, 0.4) is 0 Å². The van der Waals surface area contributed by atoms with Gasteiger partial charge in [0.15, 0.2) is 0 Å². The van der Waals surface area contributed by atoms with E-state index in [-0.39, 0.29) is 27.8 Å². The number of benzene rings is 4. The third-order valence-corrected chi connectivity index (χ3v) is 8.99. The van der Waals surface area contributed by atoms with Gasteiger partial charge in [-0.3, -0.25) is 0 Å². The minimum Gasteiger partial charge on any atom is -0.507 e. The summed E-state index contributed by atoms with van der Waals surface area (Å²) in [5.74, 6) is 0.442. The van der Waals surface area contributed by atoms with Crippen molar-refractivity contribution in [2.45, 2.75) is 58.8 Å². The largest absolute Gasteiger partial charge is 0.507 e. The SMILES string of the molecule is Br.CC(C)(C)c1cc(Cc2ccccc2P(c2ccccc2)c2ccccc2)cc(C(C)(C)C)c1O. The molecule has 188 valence electrons. The van der Waals surface area contributed by atoms with Gasteiger partial charge in [-0.1, -0.05) is 139 Å². The molecule has 0 atom stereocenters. The van der Waals surface area contributed by atoms with Crippen LogP contribution in [0.5, 0.6) is 5.75 Å². The highest BCUT2D eigenvalue weighted by molar-refractivity contribution is 8.93. The molecule has 0 saturated carbocycles. The summed E-state index contributed by atoms with van der Waals surface area (Å²) in [6.45, 7) is 13.1. The second-order valence-electron chi connectivity index (χ2n) is 11.4. The summed E-state index contributed by atoms with van der Waals surface area (Å²) in [5, 5.41) is 15.3. The van der Waals surface area contributed by atoms with Crippen LogP contribution >= 0.6 is 24.9 Å². The van der Waals surface area contributed by atoms with Crippen molar-refractivity contribution < 1.29 is 5.11 Å². The van der Waals surface area contributed by atoms with Crippen LogP contribution < -0.4 is 15.9 Å². The van der Waals surface area contributed by atoms with Crippen molar-refractivity contribution in [3.63, 3.8) is 0 Å². The summed E-state index contributed by atoms with van der Waals surface area (Å²) in [4.78, 5) is 0. The maximum atomic E-state index is 11.2. The summed E-state index contributed by atoms with van der Waals surface area (Å²) in [6, 6.07) is 35.1. The van der Waals surface area contributed by atoms with Crippen molar-refractivity contribution in [3.05, 3.63) is 119 Å².